The zero-order valence-electron chi connectivity index (χ0n) is 16.9. The number of nitrogens with zero attached hydrogens (tertiary/aromatic N) is 1. The van der Waals surface area contributed by atoms with Crippen molar-refractivity contribution in [1.29, 1.82) is 0 Å². The molecule has 144 valence electrons. The number of carbonyl (C=O) groups excluding carboxylic acids is 2. The van der Waals surface area contributed by atoms with E-state index in [1.165, 1.54) is 11.1 Å². The van der Waals surface area contributed by atoms with Gasteiger partial charge in [0.1, 0.15) is 0 Å². The lowest BCUT2D eigenvalue weighted by atomic mass is 9.90. The Balaban J connectivity index is 1.75. The summed E-state index contributed by atoms with van der Waals surface area (Å²) in [7, 11) is 0. The van der Waals surface area contributed by atoms with Crippen LogP contribution in [0.25, 0.3) is 5.57 Å². The first-order valence-corrected chi connectivity index (χ1v) is 9.75. The molecule has 3 heteroatoms. The van der Waals surface area contributed by atoms with Crippen molar-refractivity contribution in [3.63, 3.8) is 0 Å². The highest BCUT2D eigenvalue weighted by molar-refractivity contribution is 5.95. The number of hydrogen-bond donors (Lipinski definition) is 0. The number of amides is 1. The van der Waals surface area contributed by atoms with Gasteiger partial charge in [-0.25, -0.2) is 0 Å². The quantitative estimate of drug-likeness (QED) is 0.546. The summed E-state index contributed by atoms with van der Waals surface area (Å²) in [5.41, 5.74) is 6.58. The molecule has 0 unspecified atom stereocenters. The molecule has 2 aromatic rings. The molecular formula is C25H27NO2. The fourth-order valence-electron chi connectivity index (χ4n) is 3.54. The van der Waals surface area contributed by atoms with E-state index in [1.54, 1.807) is 13.0 Å². The van der Waals surface area contributed by atoms with Crippen LogP contribution in [-0.4, -0.2) is 29.7 Å². The monoisotopic (exact) mass is 373 g/mol. The number of benzene rings is 2. The molecule has 0 saturated carbocycles. The summed E-state index contributed by atoms with van der Waals surface area (Å²) in [6.07, 6.45) is 5.23. The molecule has 1 heterocycles. The Labute approximate surface area is 167 Å². The van der Waals surface area contributed by atoms with Crippen molar-refractivity contribution in [3.8, 4) is 0 Å². The van der Waals surface area contributed by atoms with Gasteiger partial charge < -0.3 is 4.90 Å². The molecule has 2 aromatic carbocycles. The Bertz CT molecular complexity index is 938. The van der Waals surface area contributed by atoms with Crippen molar-refractivity contribution in [2.75, 3.05) is 13.1 Å². The number of rotatable bonds is 5. The SMILES string of the molecule is CC(=O)c1ccc(C)c(C2=C(C)CCN(C(=O)/C=C\Cc3ccccc3)C2)c1. The van der Waals surface area contributed by atoms with Gasteiger partial charge in [-0.05, 0) is 68.0 Å². The summed E-state index contributed by atoms with van der Waals surface area (Å²) in [6, 6.07) is 16.0. The summed E-state index contributed by atoms with van der Waals surface area (Å²) < 4.78 is 0. The fraction of sp³-hybridized carbons (Fsp3) is 0.280. The number of hydrogen-bond acceptors (Lipinski definition) is 2. The highest BCUT2D eigenvalue weighted by Gasteiger charge is 2.22. The second-order valence-electron chi connectivity index (χ2n) is 7.45. The van der Waals surface area contributed by atoms with Crippen LogP contribution >= 0.6 is 0 Å². The lowest BCUT2D eigenvalue weighted by Crippen LogP contribution is -2.35. The van der Waals surface area contributed by atoms with Crippen LogP contribution in [0.5, 0.6) is 0 Å². The normalized spacial score (nSPS) is 14.6. The van der Waals surface area contributed by atoms with Gasteiger partial charge >= 0.3 is 0 Å². The van der Waals surface area contributed by atoms with Crippen LogP contribution in [0.1, 0.15) is 47.3 Å². The summed E-state index contributed by atoms with van der Waals surface area (Å²) in [4.78, 5) is 26.4. The van der Waals surface area contributed by atoms with E-state index in [0.717, 1.165) is 36.1 Å². The molecule has 0 radical (unpaired) electrons. The minimum Gasteiger partial charge on any atom is -0.335 e. The van der Waals surface area contributed by atoms with Gasteiger partial charge in [-0.3, -0.25) is 9.59 Å². The minimum atomic E-state index is 0.0429. The van der Waals surface area contributed by atoms with Gasteiger partial charge in [-0.15, -0.1) is 0 Å². The maximum atomic E-state index is 12.7. The topological polar surface area (TPSA) is 37.4 Å². The van der Waals surface area contributed by atoms with E-state index < -0.39 is 0 Å². The smallest absolute Gasteiger partial charge is 0.246 e. The van der Waals surface area contributed by atoms with Gasteiger partial charge in [0.25, 0.3) is 0 Å². The molecular weight excluding hydrogens is 346 g/mol. The van der Waals surface area contributed by atoms with Crippen molar-refractivity contribution < 1.29 is 9.59 Å². The van der Waals surface area contributed by atoms with Crippen molar-refractivity contribution in [3.05, 3.63) is 88.5 Å². The number of allylic oxidation sites excluding steroid dienone is 1. The van der Waals surface area contributed by atoms with Crippen molar-refractivity contribution in [2.24, 2.45) is 0 Å². The summed E-state index contributed by atoms with van der Waals surface area (Å²) in [5, 5.41) is 0. The molecule has 0 saturated heterocycles. The third-order valence-electron chi connectivity index (χ3n) is 5.36. The van der Waals surface area contributed by atoms with E-state index >= 15 is 0 Å². The van der Waals surface area contributed by atoms with E-state index in [4.69, 9.17) is 0 Å². The third-order valence-corrected chi connectivity index (χ3v) is 5.36. The average Bonchev–Trinajstić information content (AvgIpc) is 2.69. The molecule has 0 aliphatic carbocycles. The molecule has 1 aliphatic rings. The van der Waals surface area contributed by atoms with Crippen LogP contribution in [0.15, 0.2) is 66.3 Å². The number of Topliss-reactive ketones (excluding diaryl/α,β-unsaturated/α-hetero) is 1. The van der Waals surface area contributed by atoms with Crippen molar-refractivity contribution in [1.82, 2.24) is 4.90 Å². The van der Waals surface area contributed by atoms with Gasteiger partial charge in [0, 0.05) is 18.7 Å². The van der Waals surface area contributed by atoms with Crippen molar-refractivity contribution in [2.45, 2.75) is 33.6 Å². The van der Waals surface area contributed by atoms with Crippen molar-refractivity contribution >= 4 is 17.3 Å². The molecule has 28 heavy (non-hydrogen) atoms. The van der Waals surface area contributed by atoms with Crippen LogP contribution in [0.3, 0.4) is 0 Å². The Kier molecular flexibility index (Phi) is 6.25. The first-order chi connectivity index (χ1) is 13.5. The maximum Gasteiger partial charge on any atom is 0.246 e. The predicted molar refractivity (Wildman–Crippen MR) is 114 cm³/mol. The molecule has 0 N–H and O–H groups in total. The van der Waals surface area contributed by atoms with Crippen LogP contribution < -0.4 is 0 Å². The molecule has 0 fully saturated rings. The fourth-order valence-corrected chi connectivity index (χ4v) is 3.54. The van der Waals surface area contributed by atoms with Gasteiger partial charge in [-0.2, -0.15) is 0 Å². The molecule has 0 atom stereocenters. The van der Waals surface area contributed by atoms with Crippen LogP contribution in [0, 0.1) is 6.92 Å². The molecule has 3 nitrogen and oxygen atoms in total. The molecule has 1 amide bonds. The average molecular weight is 373 g/mol. The van der Waals surface area contributed by atoms with Gasteiger partial charge in [-0.1, -0.05) is 54.1 Å². The number of aryl methyl sites for hydroxylation is 1. The highest BCUT2D eigenvalue weighted by Crippen LogP contribution is 2.29. The molecule has 1 aliphatic heterocycles. The summed E-state index contributed by atoms with van der Waals surface area (Å²) >= 11 is 0. The molecule has 0 bridgehead atoms. The molecule has 0 spiro atoms. The van der Waals surface area contributed by atoms with E-state index in [9.17, 15) is 9.59 Å². The Morgan fingerprint density at radius 2 is 1.82 bits per heavy atom. The lowest BCUT2D eigenvalue weighted by molar-refractivity contribution is -0.125. The first kappa shape index (κ1) is 19.8. The predicted octanol–water partition coefficient (Wildman–Crippen LogP) is 5.00. The Morgan fingerprint density at radius 1 is 1.07 bits per heavy atom. The van der Waals surface area contributed by atoms with Gasteiger partial charge in [0.05, 0.1) is 0 Å². The second-order valence-corrected chi connectivity index (χ2v) is 7.45. The Hall–Kier alpha value is -2.94. The molecule has 3 rings (SSSR count). The Morgan fingerprint density at radius 3 is 2.54 bits per heavy atom. The number of ketones is 1. The summed E-state index contributed by atoms with van der Waals surface area (Å²) in [6.45, 7) is 7.09. The van der Waals surface area contributed by atoms with E-state index in [2.05, 4.69) is 26.0 Å². The summed E-state index contributed by atoms with van der Waals surface area (Å²) in [5.74, 6) is 0.105. The maximum absolute atomic E-state index is 12.7. The largest absolute Gasteiger partial charge is 0.335 e. The highest BCUT2D eigenvalue weighted by atomic mass is 16.2. The lowest BCUT2D eigenvalue weighted by Gasteiger charge is -2.30. The van der Waals surface area contributed by atoms with Crippen LogP contribution in [0.4, 0.5) is 0 Å². The van der Waals surface area contributed by atoms with E-state index in [-0.39, 0.29) is 11.7 Å². The second kappa shape index (κ2) is 8.83. The number of carbonyl (C=O) groups is 2. The third kappa shape index (κ3) is 4.66. The first-order valence-electron chi connectivity index (χ1n) is 9.75. The zero-order chi connectivity index (χ0) is 20.1. The molecule has 0 aromatic heterocycles. The van der Waals surface area contributed by atoms with Gasteiger partial charge in [0.15, 0.2) is 5.78 Å². The van der Waals surface area contributed by atoms with Crippen LogP contribution in [0.2, 0.25) is 0 Å². The van der Waals surface area contributed by atoms with E-state index in [1.807, 2.05) is 47.4 Å². The zero-order valence-corrected chi connectivity index (χ0v) is 16.9. The minimum absolute atomic E-state index is 0.0429. The van der Waals surface area contributed by atoms with Crippen LogP contribution in [-0.2, 0) is 11.2 Å². The van der Waals surface area contributed by atoms with Gasteiger partial charge in [0.2, 0.25) is 5.91 Å². The van der Waals surface area contributed by atoms with E-state index in [0.29, 0.717) is 12.1 Å². The standard InChI is InChI=1S/C25H27NO2/c1-18-12-13-22(20(3)27)16-23(18)24-17-26(15-14-19(24)2)25(28)11-7-10-21-8-5-4-6-9-21/h4-9,11-13,16H,10,14-15,17H2,1-3H3/b11-7-.